The SMILES string of the molecule is CN(CCCNCc1ccccc1[N+](=O)[O-])c1ccccc1. The Bertz CT molecular complexity index is 602. The van der Waals surface area contributed by atoms with Gasteiger partial charge in [-0.2, -0.15) is 0 Å². The molecule has 0 fully saturated rings. The fourth-order valence-electron chi connectivity index (χ4n) is 2.31. The van der Waals surface area contributed by atoms with Crippen LogP contribution in [0.1, 0.15) is 12.0 Å². The van der Waals surface area contributed by atoms with Gasteiger partial charge in [-0.1, -0.05) is 36.4 Å². The van der Waals surface area contributed by atoms with Crippen LogP contribution >= 0.6 is 0 Å². The molecule has 0 unspecified atom stereocenters. The van der Waals surface area contributed by atoms with E-state index in [0.29, 0.717) is 6.54 Å². The zero-order valence-electron chi connectivity index (χ0n) is 12.7. The van der Waals surface area contributed by atoms with Crippen molar-refractivity contribution in [1.29, 1.82) is 0 Å². The third-order valence-electron chi connectivity index (χ3n) is 3.55. The van der Waals surface area contributed by atoms with Gasteiger partial charge in [-0.25, -0.2) is 0 Å². The minimum absolute atomic E-state index is 0.177. The molecule has 5 heteroatoms. The summed E-state index contributed by atoms with van der Waals surface area (Å²) in [5.41, 5.74) is 2.10. The quantitative estimate of drug-likeness (QED) is 0.462. The molecule has 0 aromatic heterocycles. The number of hydrogen-bond acceptors (Lipinski definition) is 4. The van der Waals surface area contributed by atoms with Crippen LogP contribution in [-0.4, -0.2) is 25.1 Å². The van der Waals surface area contributed by atoms with Gasteiger partial charge in [-0.15, -0.1) is 0 Å². The predicted molar refractivity (Wildman–Crippen MR) is 89.1 cm³/mol. The molecule has 0 heterocycles. The highest BCUT2D eigenvalue weighted by molar-refractivity contribution is 5.44. The number of rotatable bonds is 8. The van der Waals surface area contributed by atoms with E-state index >= 15 is 0 Å². The van der Waals surface area contributed by atoms with Crippen LogP contribution in [0, 0.1) is 10.1 Å². The van der Waals surface area contributed by atoms with Crippen molar-refractivity contribution in [3.8, 4) is 0 Å². The summed E-state index contributed by atoms with van der Waals surface area (Å²) < 4.78 is 0. The average molecular weight is 299 g/mol. The van der Waals surface area contributed by atoms with Gasteiger partial charge in [0.05, 0.1) is 4.92 Å². The second-order valence-corrected chi connectivity index (χ2v) is 5.17. The molecule has 0 atom stereocenters. The third-order valence-corrected chi connectivity index (χ3v) is 3.55. The zero-order chi connectivity index (χ0) is 15.8. The van der Waals surface area contributed by atoms with Crippen molar-refractivity contribution >= 4 is 11.4 Å². The first kappa shape index (κ1) is 16.0. The van der Waals surface area contributed by atoms with Crippen molar-refractivity contribution in [1.82, 2.24) is 5.32 Å². The number of anilines is 1. The normalized spacial score (nSPS) is 10.4. The molecule has 0 saturated heterocycles. The molecule has 0 aliphatic rings. The number of nitrogens with one attached hydrogen (secondary N) is 1. The minimum atomic E-state index is -0.333. The Morgan fingerprint density at radius 3 is 2.50 bits per heavy atom. The van der Waals surface area contributed by atoms with Gasteiger partial charge in [-0.3, -0.25) is 10.1 Å². The van der Waals surface area contributed by atoms with E-state index < -0.39 is 0 Å². The Kier molecular flexibility index (Phi) is 5.91. The van der Waals surface area contributed by atoms with Gasteiger partial charge in [0.25, 0.3) is 5.69 Å². The lowest BCUT2D eigenvalue weighted by Gasteiger charge is -2.19. The summed E-state index contributed by atoms with van der Waals surface area (Å²) in [4.78, 5) is 12.8. The molecule has 1 N–H and O–H groups in total. The van der Waals surface area contributed by atoms with Crippen LogP contribution in [0.5, 0.6) is 0 Å². The smallest absolute Gasteiger partial charge is 0.273 e. The highest BCUT2D eigenvalue weighted by atomic mass is 16.6. The second kappa shape index (κ2) is 8.14. The summed E-state index contributed by atoms with van der Waals surface area (Å²) in [6.45, 7) is 2.28. The van der Waals surface area contributed by atoms with Gasteiger partial charge < -0.3 is 10.2 Å². The Balaban J connectivity index is 1.73. The molecule has 0 amide bonds. The fourth-order valence-corrected chi connectivity index (χ4v) is 2.31. The summed E-state index contributed by atoms with van der Waals surface area (Å²) in [5, 5.41) is 14.2. The Hall–Kier alpha value is -2.40. The standard InChI is InChI=1S/C17H21N3O2/c1-19(16-9-3-2-4-10-16)13-7-12-18-14-15-8-5-6-11-17(15)20(21)22/h2-6,8-11,18H,7,12-14H2,1H3. The van der Waals surface area contributed by atoms with Crippen LogP contribution in [0.3, 0.4) is 0 Å². The molecule has 2 rings (SSSR count). The topological polar surface area (TPSA) is 58.4 Å². The van der Waals surface area contributed by atoms with E-state index in [2.05, 4.69) is 29.4 Å². The number of nitro benzene ring substituents is 1. The van der Waals surface area contributed by atoms with Crippen LogP contribution in [-0.2, 0) is 6.54 Å². The predicted octanol–water partition coefficient (Wildman–Crippen LogP) is 3.21. The molecule has 0 radical (unpaired) electrons. The van der Waals surface area contributed by atoms with E-state index in [4.69, 9.17) is 0 Å². The van der Waals surface area contributed by atoms with Gasteiger partial charge in [0.2, 0.25) is 0 Å². The van der Waals surface area contributed by atoms with Crippen molar-refractivity contribution in [3.63, 3.8) is 0 Å². The van der Waals surface area contributed by atoms with Crippen molar-refractivity contribution < 1.29 is 4.92 Å². The van der Waals surface area contributed by atoms with Gasteiger partial charge >= 0.3 is 0 Å². The van der Waals surface area contributed by atoms with E-state index in [9.17, 15) is 10.1 Å². The minimum Gasteiger partial charge on any atom is -0.375 e. The largest absolute Gasteiger partial charge is 0.375 e. The lowest BCUT2D eigenvalue weighted by Crippen LogP contribution is -2.23. The third kappa shape index (κ3) is 4.56. The molecule has 0 aliphatic heterocycles. The van der Waals surface area contributed by atoms with E-state index in [0.717, 1.165) is 25.1 Å². The first-order valence-electron chi connectivity index (χ1n) is 7.37. The van der Waals surface area contributed by atoms with Crippen LogP contribution in [0.4, 0.5) is 11.4 Å². The molecule has 0 spiro atoms. The summed E-state index contributed by atoms with van der Waals surface area (Å²) in [6.07, 6.45) is 0.978. The van der Waals surface area contributed by atoms with Crippen LogP contribution < -0.4 is 10.2 Å². The average Bonchev–Trinajstić information content (AvgIpc) is 2.55. The van der Waals surface area contributed by atoms with Crippen LogP contribution in [0.2, 0.25) is 0 Å². The van der Waals surface area contributed by atoms with E-state index in [1.165, 1.54) is 5.69 Å². The summed E-state index contributed by atoms with van der Waals surface area (Å²) in [5.74, 6) is 0. The first-order chi connectivity index (χ1) is 10.7. The maximum absolute atomic E-state index is 10.9. The number of benzene rings is 2. The summed E-state index contributed by atoms with van der Waals surface area (Å²) in [6, 6.07) is 17.1. The van der Waals surface area contributed by atoms with E-state index in [1.807, 2.05) is 24.3 Å². The van der Waals surface area contributed by atoms with Gasteiger partial charge in [0.15, 0.2) is 0 Å². The molecule has 22 heavy (non-hydrogen) atoms. The molecule has 0 aliphatic carbocycles. The molecular formula is C17H21N3O2. The number of nitrogens with zero attached hydrogens (tertiary/aromatic N) is 2. The Labute approximate surface area is 130 Å². The number of nitro groups is 1. The Morgan fingerprint density at radius 2 is 1.77 bits per heavy atom. The van der Waals surface area contributed by atoms with Crippen molar-refractivity contribution in [2.24, 2.45) is 0 Å². The second-order valence-electron chi connectivity index (χ2n) is 5.17. The molecule has 116 valence electrons. The number of para-hydroxylation sites is 2. The first-order valence-corrected chi connectivity index (χ1v) is 7.37. The van der Waals surface area contributed by atoms with Crippen molar-refractivity contribution in [2.75, 3.05) is 25.0 Å². The maximum atomic E-state index is 10.9. The van der Waals surface area contributed by atoms with E-state index in [1.54, 1.807) is 18.2 Å². The maximum Gasteiger partial charge on any atom is 0.273 e. The molecule has 2 aromatic rings. The molecule has 2 aromatic carbocycles. The van der Waals surface area contributed by atoms with Gasteiger partial charge in [-0.05, 0) is 25.1 Å². The zero-order valence-corrected chi connectivity index (χ0v) is 12.7. The lowest BCUT2D eigenvalue weighted by molar-refractivity contribution is -0.385. The Morgan fingerprint density at radius 1 is 1.09 bits per heavy atom. The highest BCUT2D eigenvalue weighted by Crippen LogP contribution is 2.17. The molecule has 5 nitrogen and oxygen atoms in total. The van der Waals surface area contributed by atoms with Gasteiger partial charge in [0, 0.05) is 37.5 Å². The van der Waals surface area contributed by atoms with Crippen LogP contribution in [0.25, 0.3) is 0 Å². The van der Waals surface area contributed by atoms with Crippen LogP contribution in [0.15, 0.2) is 54.6 Å². The summed E-state index contributed by atoms with van der Waals surface area (Å²) >= 11 is 0. The summed E-state index contributed by atoms with van der Waals surface area (Å²) in [7, 11) is 2.07. The van der Waals surface area contributed by atoms with Crippen molar-refractivity contribution in [2.45, 2.75) is 13.0 Å². The lowest BCUT2D eigenvalue weighted by atomic mass is 10.2. The fraction of sp³-hybridized carbons (Fsp3) is 0.294. The van der Waals surface area contributed by atoms with Crippen molar-refractivity contribution in [3.05, 3.63) is 70.3 Å². The highest BCUT2D eigenvalue weighted by Gasteiger charge is 2.11. The van der Waals surface area contributed by atoms with E-state index in [-0.39, 0.29) is 10.6 Å². The number of hydrogen-bond donors (Lipinski definition) is 1. The van der Waals surface area contributed by atoms with Gasteiger partial charge in [0.1, 0.15) is 0 Å². The molecule has 0 bridgehead atoms. The monoisotopic (exact) mass is 299 g/mol. The molecule has 0 saturated carbocycles. The molecular weight excluding hydrogens is 278 g/mol.